The summed E-state index contributed by atoms with van der Waals surface area (Å²) in [5.74, 6) is 2.77. The molecular formula is C19H23N5. The molecular weight excluding hydrogens is 298 g/mol. The van der Waals surface area contributed by atoms with Crippen LogP contribution in [0.3, 0.4) is 0 Å². The minimum atomic E-state index is 0.708. The van der Waals surface area contributed by atoms with Crippen LogP contribution in [0.2, 0.25) is 0 Å². The molecule has 0 aliphatic carbocycles. The molecule has 1 aromatic carbocycles. The van der Waals surface area contributed by atoms with Crippen molar-refractivity contribution < 1.29 is 0 Å². The van der Waals surface area contributed by atoms with Crippen LogP contribution in [0.5, 0.6) is 0 Å². The Balaban J connectivity index is 1.77. The average Bonchev–Trinajstić information content (AvgIpc) is 3.02. The summed E-state index contributed by atoms with van der Waals surface area (Å²) in [6.45, 7) is 5.58. The molecule has 3 aromatic rings. The second-order valence-electron chi connectivity index (χ2n) is 5.93. The first-order chi connectivity index (χ1) is 11.7. The largest absolute Gasteiger partial charge is 0.352 e. The average molecular weight is 321 g/mol. The van der Waals surface area contributed by atoms with Gasteiger partial charge in [-0.05, 0) is 18.9 Å². The van der Waals surface area contributed by atoms with E-state index in [0.717, 1.165) is 36.1 Å². The third-order valence-corrected chi connectivity index (χ3v) is 4.01. The number of hydrogen-bond acceptors (Lipinski definition) is 4. The Hall–Kier alpha value is -2.69. The van der Waals surface area contributed by atoms with Crippen molar-refractivity contribution in [2.45, 2.75) is 33.4 Å². The number of aryl methyl sites for hydroxylation is 2. The Kier molecular flexibility index (Phi) is 4.89. The van der Waals surface area contributed by atoms with Crippen LogP contribution >= 0.6 is 0 Å². The number of hydrogen-bond donors (Lipinski definition) is 0. The first-order valence-corrected chi connectivity index (χ1v) is 8.25. The van der Waals surface area contributed by atoms with E-state index in [1.54, 1.807) is 0 Å². The SMILES string of the molecule is CCc1cc(N(C)Cc2nccn2Cc2ccccc2)nc(C)n1. The Bertz CT molecular complexity index is 795. The highest BCUT2D eigenvalue weighted by molar-refractivity contribution is 5.39. The van der Waals surface area contributed by atoms with Gasteiger partial charge in [0, 0.05) is 37.7 Å². The summed E-state index contributed by atoms with van der Waals surface area (Å²) in [5.41, 5.74) is 2.34. The number of benzene rings is 1. The summed E-state index contributed by atoms with van der Waals surface area (Å²) < 4.78 is 2.18. The van der Waals surface area contributed by atoms with Gasteiger partial charge in [0.15, 0.2) is 0 Å². The minimum absolute atomic E-state index is 0.708. The van der Waals surface area contributed by atoms with Crippen LogP contribution in [0.25, 0.3) is 0 Å². The Morgan fingerprint density at radius 2 is 1.92 bits per heavy atom. The highest BCUT2D eigenvalue weighted by atomic mass is 15.2. The summed E-state index contributed by atoms with van der Waals surface area (Å²) in [6.07, 6.45) is 4.79. The third-order valence-electron chi connectivity index (χ3n) is 4.01. The highest BCUT2D eigenvalue weighted by Crippen LogP contribution is 2.15. The predicted octanol–water partition coefficient (Wildman–Crippen LogP) is 3.23. The van der Waals surface area contributed by atoms with Gasteiger partial charge < -0.3 is 9.47 Å². The monoisotopic (exact) mass is 321 g/mol. The molecule has 2 heterocycles. The molecule has 0 bridgehead atoms. The first kappa shape index (κ1) is 16.2. The second-order valence-corrected chi connectivity index (χ2v) is 5.93. The van der Waals surface area contributed by atoms with Crippen molar-refractivity contribution in [3.63, 3.8) is 0 Å². The quantitative estimate of drug-likeness (QED) is 0.699. The van der Waals surface area contributed by atoms with Crippen molar-refractivity contribution in [2.24, 2.45) is 0 Å². The van der Waals surface area contributed by atoms with E-state index in [9.17, 15) is 0 Å². The summed E-state index contributed by atoms with van der Waals surface area (Å²) in [6, 6.07) is 12.5. The van der Waals surface area contributed by atoms with E-state index in [4.69, 9.17) is 0 Å². The van der Waals surface area contributed by atoms with Gasteiger partial charge in [-0.25, -0.2) is 15.0 Å². The molecule has 5 heteroatoms. The molecule has 0 aliphatic rings. The van der Waals surface area contributed by atoms with Crippen molar-refractivity contribution in [3.05, 3.63) is 71.7 Å². The third kappa shape index (κ3) is 3.79. The van der Waals surface area contributed by atoms with Gasteiger partial charge in [-0.15, -0.1) is 0 Å². The maximum Gasteiger partial charge on any atom is 0.132 e. The summed E-state index contributed by atoms with van der Waals surface area (Å²) in [5, 5.41) is 0. The molecule has 124 valence electrons. The predicted molar refractivity (Wildman–Crippen MR) is 96.0 cm³/mol. The van der Waals surface area contributed by atoms with Crippen molar-refractivity contribution >= 4 is 5.82 Å². The van der Waals surface area contributed by atoms with E-state index in [1.165, 1.54) is 5.56 Å². The molecule has 24 heavy (non-hydrogen) atoms. The highest BCUT2D eigenvalue weighted by Gasteiger charge is 2.10. The molecule has 0 saturated heterocycles. The van der Waals surface area contributed by atoms with Crippen molar-refractivity contribution in [3.8, 4) is 0 Å². The van der Waals surface area contributed by atoms with Crippen LogP contribution in [0.15, 0.2) is 48.8 Å². The van der Waals surface area contributed by atoms with Gasteiger partial charge in [0.2, 0.25) is 0 Å². The van der Waals surface area contributed by atoms with Gasteiger partial charge in [-0.1, -0.05) is 37.3 Å². The zero-order chi connectivity index (χ0) is 16.9. The van der Waals surface area contributed by atoms with Gasteiger partial charge >= 0.3 is 0 Å². The lowest BCUT2D eigenvalue weighted by Crippen LogP contribution is -2.21. The second kappa shape index (κ2) is 7.25. The van der Waals surface area contributed by atoms with E-state index in [1.807, 2.05) is 32.4 Å². The van der Waals surface area contributed by atoms with Gasteiger partial charge in [0.25, 0.3) is 0 Å². The number of aromatic nitrogens is 4. The molecule has 0 N–H and O–H groups in total. The van der Waals surface area contributed by atoms with Crippen LogP contribution in [0.1, 0.15) is 29.8 Å². The van der Waals surface area contributed by atoms with Crippen LogP contribution in [0.4, 0.5) is 5.82 Å². The zero-order valence-electron chi connectivity index (χ0n) is 14.5. The van der Waals surface area contributed by atoms with Gasteiger partial charge in [-0.3, -0.25) is 0 Å². The fraction of sp³-hybridized carbons (Fsp3) is 0.316. The Labute approximate surface area is 143 Å². The lowest BCUT2D eigenvalue weighted by molar-refractivity contribution is 0.702. The van der Waals surface area contributed by atoms with Crippen molar-refractivity contribution in [1.29, 1.82) is 0 Å². The van der Waals surface area contributed by atoms with Crippen LogP contribution < -0.4 is 4.90 Å². The Morgan fingerprint density at radius 1 is 1.12 bits per heavy atom. The number of imidazole rings is 1. The summed E-state index contributed by atoms with van der Waals surface area (Å²) in [7, 11) is 2.04. The molecule has 0 radical (unpaired) electrons. The lowest BCUT2D eigenvalue weighted by Gasteiger charge is -2.19. The summed E-state index contributed by atoms with van der Waals surface area (Å²) in [4.78, 5) is 15.6. The van der Waals surface area contributed by atoms with Gasteiger partial charge in [0.1, 0.15) is 17.5 Å². The van der Waals surface area contributed by atoms with Crippen molar-refractivity contribution in [1.82, 2.24) is 19.5 Å². The summed E-state index contributed by atoms with van der Waals surface area (Å²) >= 11 is 0. The molecule has 0 aliphatic heterocycles. The fourth-order valence-corrected chi connectivity index (χ4v) is 2.70. The molecule has 0 saturated carbocycles. The van der Waals surface area contributed by atoms with Crippen LogP contribution in [-0.4, -0.2) is 26.6 Å². The molecule has 5 nitrogen and oxygen atoms in total. The molecule has 3 rings (SSSR count). The standard InChI is InChI=1S/C19H23N5/c1-4-17-12-18(22-15(2)21-17)23(3)14-19-20-10-11-24(19)13-16-8-6-5-7-9-16/h5-12H,4,13-14H2,1-3H3. The topological polar surface area (TPSA) is 46.8 Å². The Morgan fingerprint density at radius 3 is 2.67 bits per heavy atom. The van der Waals surface area contributed by atoms with E-state index >= 15 is 0 Å². The minimum Gasteiger partial charge on any atom is -0.352 e. The van der Waals surface area contributed by atoms with Gasteiger partial charge in [0.05, 0.1) is 6.54 Å². The van der Waals surface area contributed by atoms with E-state index in [-0.39, 0.29) is 0 Å². The lowest BCUT2D eigenvalue weighted by atomic mass is 10.2. The molecule has 0 fully saturated rings. The normalized spacial score (nSPS) is 10.8. The van der Waals surface area contributed by atoms with Crippen LogP contribution in [0, 0.1) is 6.92 Å². The molecule has 0 spiro atoms. The molecule has 0 unspecified atom stereocenters. The maximum absolute atomic E-state index is 4.55. The van der Waals surface area contributed by atoms with E-state index in [0.29, 0.717) is 6.54 Å². The van der Waals surface area contributed by atoms with E-state index in [2.05, 4.69) is 61.7 Å². The smallest absolute Gasteiger partial charge is 0.132 e. The first-order valence-electron chi connectivity index (χ1n) is 8.25. The fourth-order valence-electron chi connectivity index (χ4n) is 2.70. The maximum atomic E-state index is 4.55. The van der Waals surface area contributed by atoms with Crippen molar-refractivity contribution in [2.75, 3.05) is 11.9 Å². The molecule has 0 atom stereocenters. The number of rotatable bonds is 6. The molecule has 0 amide bonds. The molecule has 2 aromatic heterocycles. The zero-order valence-corrected chi connectivity index (χ0v) is 14.5. The number of anilines is 1. The van der Waals surface area contributed by atoms with Gasteiger partial charge in [-0.2, -0.15) is 0 Å². The van der Waals surface area contributed by atoms with Crippen LogP contribution in [-0.2, 0) is 19.5 Å². The number of nitrogens with zero attached hydrogens (tertiary/aromatic N) is 5. The van der Waals surface area contributed by atoms with E-state index < -0.39 is 0 Å².